The molecule has 1 amide bonds. The van der Waals surface area contributed by atoms with Gasteiger partial charge in [-0.2, -0.15) is 5.10 Å². The first kappa shape index (κ1) is 26.1. The molecular weight excluding hydrogens is 568 g/mol. The van der Waals surface area contributed by atoms with Crippen molar-refractivity contribution in [2.24, 2.45) is 5.10 Å². The molecule has 196 valence electrons. The molecule has 0 radical (unpaired) electrons. The first-order chi connectivity index (χ1) is 18.5. The summed E-state index contributed by atoms with van der Waals surface area (Å²) in [5, 5.41) is 4.76. The molecule has 1 aliphatic rings. The number of ether oxygens (including phenoxy) is 2. The lowest BCUT2D eigenvalue weighted by Gasteiger charge is -2.14. The quantitative estimate of drug-likeness (QED) is 0.218. The van der Waals surface area contributed by atoms with Gasteiger partial charge < -0.3 is 9.47 Å². The molecule has 0 spiro atoms. The van der Waals surface area contributed by atoms with Crippen molar-refractivity contribution in [3.05, 3.63) is 85.2 Å². The third-order valence-electron chi connectivity index (χ3n) is 6.56. The summed E-state index contributed by atoms with van der Waals surface area (Å²) >= 11 is 5.13. The summed E-state index contributed by atoms with van der Waals surface area (Å²) in [6, 6.07) is 12.7. The molecule has 4 aromatic rings. The number of benzene rings is 2. The number of hydrogen-bond acceptors (Lipinski definition) is 7. The van der Waals surface area contributed by atoms with E-state index >= 15 is 0 Å². The summed E-state index contributed by atoms with van der Waals surface area (Å²) in [6.45, 7) is 2.06. The normalized spacial score (nSPS) is 13.9. The van der Waals surface area contributed by atoms with Crippen LogP contribution >= 0.6 is 27.3 Å². The van der Waals surface area contributed by atoms with Crippen molar-refractivity contribution < 1.29 is 14.3 Å². The summed E-state index contributed by atoms with van der Waals surface area (Å²) < 4.78 is 13.6. The van der Waals surface area contributed by atoms with Crippen LogP contribution in [-0.2, 0) is 24.2 Å². The molecule has 0 saturated carbocycles. The lowest BCUT2D eigenvalue weighted by molar-refractivity contribution is -0.123. The highest BCUT2D eigenvalue weighted by Crippen LogP contribution is 2.37. The highest BCUT2D eigenvalue weighted by molar-refractivity contribution is 9.10. The Hall–Kier alpha value is -3.50. The van der Waals surface area contributed by atoms with Crippen LogP contribution in [0.15, 0.2) is 63.2 Å². The predicted molar refractivity (Wildman–Crippen MR) is 152 cm³/mol. The van der Waals surface area contributed by atoms with E-state index in [1.54, 1.807) is 31.4 Å². The average Bonchev–Trinajstić information content (AvgIpc) is 3.32. The van der Waals surface area contributed by atoms with E-state index in [9.17, 15) is 9.59 Å². The van der Waals surface area contributed by atoms with E-state index in [0.717, 1.165) is 41.6 Å². The van der Waals surface area contributed by atoms with Crippen LogP contribution in [0.2, 0.25) is 0 Å². The molecule has 0 bridgehead atoms. The van der Waals surface area contributed by atoms with Crippen molar-refractivity contribution in [1.82, 2.24) is 15.0 Å². The number of thiophene rings is 1. The molecule has 38 heavy (non-hydrogen) atoms. The number of hydrazone groups is 1. The van der Waals surface area contributed by atoms with Crippen LogP contribution in [0.4, 0.5) is 0 Å². The number of carbonyl (C=O) groups excluding carboxylic acids is 1. The van der Waals surface area contributed by atoms with Gasteiger partial charge in [0.15, 0.2) is 11.5 Å². The SMILES string of the molecule is COc1cc(/C=N\NC(=O)[C@@H](C)n2cnc3sc4c(c3c2=O)CCCC4)cc(Br)c1OCc1ccccc1. The Bertz CT molecular complexity index is 1560. The van der Waals surface area contributed by atoms with Gasteiger partial charge in [0.05, 0.1) is 29.5 Å². The van der Waals surface area contributed by atoms with Crippen LogP contribution in [0.5, 0.6) is 11.5 Å². The largest absolute Gasteiger partial charge is 0.493 e. The third-order valence-corrected chi connectivity index (χ3v) is 8.35. The van der Waals surface area contributed by atoms with E-state index in [-0.39, 0.29) is 5.56 Å². The number of rotatable bonds is 8. The van der Waals surface area contributed by atoms with Gasteiger partial charge in [-0.1, -0.05) is 30.3 Å². The lowest BCUT2D eigenvalue weighted by atomic mass is 9.97. The Balaban J connectivity index is 1.28. The lowest BCUT2D eigenvalue weighted by Crippen LogP contribution is -2.34. The van der Waals surface area contributed by atoms with Crippen molar-refractivity contribution in [2.45, 2.75) is 45.3 Å². The molecule has 5 rings (SSSR count). The molecule has 0 fully saturated rings. The fourth-order valence-electron chi connectivity index (χ4n) is 4.51. The smallest absolute Gasteiger partial charge is 0.263 e. The Morgan fingerprint density at radius 2 is 2.05 bits per heavy atom. The maximum absolute atomic E-state index is 13.3. The van der Waals surface area contributed by atoms with Gasteiger partial charge in [0.1, 0.15) is 17.5 Å². The summed E-state index contributed by atoms with van der Waals surface area (Å²) in [5.74, 6) is 0.688. The number of hydrogen-bond donors (Lipinski definition) is 1. The summed E-state index contributed by atoms with van der Waals surface area (Å²) in [6.07, 6.45) is 7.04. The molecule has 0 unspecified atom stereocenters. The maximum atomic E-state index is 13.3. The van der Waals surface area contributed by atoms with Crippen LogP contribution in [0.1, 0.15) is 47.4 Å². The molecule has 2 aromatic carbocycles. The highest BCUT2D eigenvalue weighted by Gasteiger charge is 2.23. The first-order valence-electron chi connectivity index (χ1n) is 12.3. The second-order valence-electron chi connectivity index (χ2n) is 9.07. The van der Waals surface area contributed by atoms with Gasteiger partial charge in [0.25, 0.3) is 11.5 Å². The number of halogens is 1. The van der Waals surface area contributed by atoms with E-state index < -0.39 is 11.9 Å². The number of nitrogens with one attached hydrogen (secondary N) is 1. The summed E-state index contributed by atoms with van der Waals surface area (Å²) in [7, 11) is 1.56. The van der Waals surface area contributed by atoms with Gasteiger partial charge in [-0.15, -0.1) is 11.3 Å². The van der Waals surface area contributed by atoms with Gasteiger partial charge in [-0.05, 0) is 77.4 Å². The molecule has 2 heterocycles. The average molecular weight is 596 g/mol. The van der Waals surface area contributed by atoms with Crippen LogP contribution in [0.25, 0.3) is 10.2 Å². The molecular formula is C28H27BrN4O4S. The summed E-state index contributed by atoms with van der Waals surface area (Å²) in [5.41, 5.74) is 5.19. The molecule has 10 heteroatoms. The minimum atomic E-state index is -0.772. The summed E-state index contributed by atoms with van der Waals surface area (Å²) in [4.78, 5) is 32.6. The van der Waals surface area contributed by atoms with Crippen molar-refractivity contribution in [2.75, 3.05) is 7.11 Å². The van der Waals surface area contributed by atoms with Gasteiger partial charge in [0, 0.05) is 4.88 Å². The second kappa shape index (κ2) is 11.5. The number of nitrogens with zero attached hydrogens (tertiary/aromatic N) is 3. The zero-order chi connectivity index (χ0) is 26.6. The van der Waals surface area contributed by atoms with E-state index in [2.05, 4.69) is 31.4 Å². The molecule has 1 aliphatic carbocycles. The van der Waals surface area contributed by atoms with Gasteiger partial charge >= 0.3 is 0 Å². The highest BCUT2D eigenvalue weighted by atomic mass is 79.9. The Morgan fingerprint density at radius 1 is 1.26 bits per heavy atom. The van der Waals surface area contributed by atoms with E-state index in [1.165, 1.54) is 22.0 Å². The molecule has 0 saturated heterocycles. The number of aromatic nitrogens is 2. The molecule has 0 aliphatic heterocycles. The van der Waals surface area contributed by atoms with E-state index in [4.69, 9.17) is 9.47 Å². The van der Waals surface area contributed by atoms with Crippen LogP contribution in [-0.4, -0.2) is 28.8 Å². The Morgan fingerprint density at radius 3 is 2.84 bits per heavy atom. The fourth-order valence-corrected chi connectivity index (χ4v) is 6.30. The minimum absolute atomic E-state index is 0.180. The van der Waals surface area contributed by atoms with E-state index in [1.807, 2.05) is 36.4 Å². The Labute approximate surface area is 232 Å². The topological polar surface area (TPSA) is 94.8 Å². The first-order valence-corrected chi connectivity index (χ1v) is 14.0. The number of aryl methyl sites for hydroxylation is 2. The molecule has 1 N–H and O–H groups in total. The van der Waals surface area contributed by atoms with Crippen LogP contribution < -0.4 is 20.5 Å². The minimum Gasteiger partial charge on any atom is -0.493 e. The molecule has 8 nitrogen and oxygen atoms in total. The monoisotopic (exact) mass is 594 g/mol. The number of methoxy groups -OCH3 is 1. The number of fused-ring (bicyclic) bond motifs is 3. The molecule has 2 aromatic heterocycles. The third kappa shape index (κ3) is 5.37. The second-order valence-corrected chi connectivity index (χ2v) is 11.0. The standard InChI is InChI=1S/C28H27BrN4O4S/c1-17(33-16-30-27-24(28(33)35)20-10-6-7-11-23(20)38-27)26(34)32-31-14-19-12-21(29)25(22(13-19)36-2)37-15-18-8-4-3-5-9-18/h3-5,8-9,12-14,16-17H,6-7,10-11,15H2,1-2H3,(H,32,34)/b31-14-/t17-/m1/s1. The van der Waals surface area contributed by atoms with Gasteiger partial charge in [-0.25, -0.2) is 10.4 Å². The Kier molecular flexibility index (Phi) is 7.90. The zero-order valence-electron chi connectivity index (χ0n) is 21.1. The van der Waals surface area contributed by atoms with Gasteiger partial charge in [-0.3, -0.25) is 14.2 Å². The van der Waals surface area contributed by atoms with E-state index in [0.29, 0.717) is 33.5 Å². The van der Waals surface area contributed by atoms with Crippen molar-refractivity contribution in [3.8, 4) is 11.5 Å². The van der Waals surface area contributed by atoms with Crippen molar-refractivity contribution in [3.63, 3.8) is 0 Å². The van der Waals surface area contributed by atoms with Crippen LogP contribution in [0.3, 0.4) is 0 Å². The zero-order valence-corrected chi connectivity index (χ0v) is 23.5. The van der Waals surface area contributed by atoms with Crippen LogP contribution in [0, 0.1) is 0 Å². The van der Waals surface area contributed by atoms with Crippen molar-refractivity contribution >= 4 is 49.6 Å². The molecule has 1 atom stereocenters. The number of amides is 1. The fraction of sp³-hybridized carbons (Fsp3) is 0.286. The van der Waals surface area contributed by atoms with Crippen molar-refractivity contribution in [1.29, 1.82) is 0 Å². The van der Waals surface area contributed by atoms with Gasteiger partial charge in [0.2, 0.25) is 0 Å². The predicted octanol–water partition coefficient (Wildman–Crippen LogP) is 5.40. The maximum Gasteiger partial charge on any atom is 0.263 e. The number of carbonyl (C=O) groups is 1.